The van der Waals surface area contributed by atoms with Crippen LogP contribution in [-0.4, -0.2) is 46.7 Å². The minimum absolute atomic E-state index is 0.143. The zero-order valence-electron chi connectivity index (χ0n) is 13.5. The molecule has 0 aromatic heterocycles. The Hall–Kier alpha value is -2.17. The van der Waals surface area contributed by atoms with Gasteiger partial charge >= 0.3 is 0 Å². The van der Waals surface area contributed by atoms with E-state index < -0.39 is 6.04 Å². The number of carbonyl (C=O) groups excluding carboxylic acids is 3. The average molecular weight is 302 g/mol. The summed E-state index contributed by atoms with van der Waals surface area (Å²) in [6, 6.07) is 5.96. The Balaban J connectivity index is 2.41. The van der Waals surface area contributed by atoms with Crippen molar-refractivity contribution in [3.63, 3.8) is 0 Å². The van der Waals surface area contributed by atoms with Gasteiger partial charge in [0.2, 0.25) is 5.91 Å². The van der Waals surface area contributed by atoms with Crippen molar-refractivity contribution in [2.45, 2.75) is 33.7 Å². The minimum atomic E-state index is -0.757. The third-order valence-electron chi connectivity index (χ3n) is 4.06. The molecule has 118 valence electrons. The molecule has 0 fully saturated rings. The van der Waals surface area contributed by atoms with E-state index in [9.17, 15) is 14.4 Å². The molecule has 22 heavy (non-hydrogen) atoms. The molecule has 1 aromatic carbocycles. The molecule has 0 bridgehead atoms. The highest BCUT2D eigenvalue weighted by Gasteiger charge is 2.44. The molecule has 0 spiro atoms. The number of benzene rings is 1. The first-order chi connectivity index (χ1) is 10.4. The summed E-state index contributed by atoms with van der Waals surface area (Å²) in [4.78, 5) is 40.7. The molecule has 2 rings (SSSR count). The lowest BCUT2D eigenvalue weighted by Crippen LogP contribution is -2.53. The highest BCUT2D eigenvalue weighted by Crippen LogP contribution is 2.27. The van der Waals surface area contributed by atoms with Gasteiger partial charge in [-0.3, -0.25) is 19.3 Å². The van der Waals surface area contributed by atoms with Gasteiger partial charge in [0.25, 0.3) is 11.8 Å². The highest BCUT2D eigenvalue weighted by atomic mass is 16.2. The number of carbonyl (C=O) groups is 3. The third-order valence-corrected chi connectivity index (χ3v) is 4.06. The van der Waals surface area contributed by atoms with Gasteiger partial charge in [0.05, 0.1) is 11.1 Å². The predicted octanol–water partition coefficient (Wildman–Crippen LogP) is 2.18. The number of hydrogen-bond donors (Lipinski definition) is 0. The topological polar surface area (TPSA) is 57.7 Å². The maximum atomic E-state index is 12.8. The van der Waals surface area contributed by atoms with E-state index in [-0.39, 0.29) is 23.6 Å². The van der Waals surface area contributed by atoms with Crippen LogP contribution in [0.4, 0.5) is 0 Å². The van der Waals surface area contributed by atoms with E-state index in [0.717, 1.165) is 4.90 Å². The van der Waals surface area contributed by atoms with Crippen molar-refractivity contribution in [1.29, 1.82) is 0 Å². The number of imide groups is 1. The summed E-state index contributed by atoms with van der Waals surface area (Å²) in [5.41, 5.74) is 0.760. The molecule has 0 aliphatic carbocycles. The number of amides is 3. The Kier molecular flexibility index (Phi) is 4.64. The maximum absolute atomic E-state index is 12.8. The van der Waals surface area contributed by atoms with Crippen molar-refractivity contribution in [2.24, 2.45) is 5.92 Å². The van der Waals surface area contributed by atoms with E-state index in [1.165, 1.54) is 0 Å². The minimum Gasteiger partial charge on any atom is -0.341 e. The van der Waals surface area contributed by atoms with Crippen LogP contribution >= 0.6 is 0 Å². The molecule has 3 amide bonds. The van der Waals surface area contributed by atoms with Gasteiger partial charge in [0, 0.05) is 13.1 Å². The van der Waals surface area contributed by atoms with Gasteiger partial charge < -0.3 is 4.90 Å². The molecular weight excluding hydrogens is 280 g/mol. The number of hydrogen-bond acceptors (Lipinski definition) is 3. The first-order valence-electron chi connectivity index (χ1n) is 7.69. The molecule has 5 heteroatoms. The molecule has 0 saturated heterocycles. The number of nitrogens with zero attached hydrogens (tertiary/aromatic N) is 2. The Morgan fingerprint density at radius 3 is 1.86 bits per heavy atom. The average Bonchev–Trinajstić information content (AvgIpc) is 2.74. The van der Waals surface area contributed by atoms with E-state index in [1.807, 2.05) is 27.7 Å². The lowest BCUT2D eigenvalue weighted by molar-refractivity contribution is -0.136. The summed E-state index contributed by atoms with van der Waals surface area (Å²) in [7, 11) is 0. The van der Waals surface area contributed by atoms with Gasteiger partial charge in [-0.15, -0.1) is 0 Å². The predicted molar refractivity (Wildman–Crippen MR) is 83.5 cm³/mol. The van der Waals surface area contributed by atoms with Crippen molar-refractivity contribution in [3.05, 3.63) is 35.4 Å². The van der Waals surface area contributed by atoms with Crippen LogP contribution in [0.25, 0.3) is 0 Å². The third kappa shape index (κ3) is 2.51. The summed E-state index contributed by atoms with van der Waals surface area (Å²) < 4.78 is 0. The van der Waals surface area contributed by atoms with Gasteiger partial charge in [0.15, 0.2) is 0 Å². The monoisotopic (exact) mass is 302 g/mol. The van der Waals surface area contributed by atoms with Crippen molar-refractivity contribution in [2.75, 3.05) is 13.1 Å². The second-order valence-corrected chi connectivity index (χ2v) is 5.73. The van der Waals surface area contributed by atoms with Crippen LogP contribution in [0.1, 0.15) is 48.4 Å². The highest BCUT2D eigenvalue weighted by molar-refractivity contribution is 6.22. The van der Waals surface area contributed by atoms with Crippen molar-refractivity contribution in [1.82, 2.24) is 9.80 Å². The van der Waals surface area contributed by atoms with Crippen LogP contribution in [0, 0.1) is 5.92 Å². The normalized spacial score (nSPS) is 15.2. The molecule has 1 aliphatic rings. The largest absolute Gasteiger partial charge is 0.341 e. The van der Waals surface area contributed by atoms with E-state index in [1.54, 1.807) is 29.2 Å². The van der Waals surface area contributed by atoms with E-state index in [0.29, 0.717) is 24.2 Å². The Bertz CT molecular complexity index is 571. The summed E-state index contributed by atoms with van der Waals surface area (Å²) in [5.74, 6) is -1.07. The van der Waals surface area contributed by atoms with Crippen molar-refractivity contribution < 1.29 is 14.4 Å². The number of fused-ring (bicyclic) bond motifs is 1. The van der Waals surface area contributed by atoms with Crippen LogP contribution in [0.5, 0.6) is 0 Å². The zero-order valence-corrected chi connectivity index (χ0v) is 13.5. The van der Waals surface area contributed by atoms with Gasteiger partial charge in [0.1, 0.15) is 6.04 Å². The second-order valence-electron chi connectivity index (χ2n) is 5.73. The first kappa shape index (κ1) is 16.2. The smallest absolute Gasteiger partial charge is 0.262 e. The standard InChI is InChI=1S/C17H22N2O3/c1-5-18(6-2)17(22)14(11(3)4)19-15(20)12-9-7-8-10-13(12)16(19)21/h7-11,14H,5-6H2,1-4H3/t14-/m1/s1. The van der Waals surface area contributed by atoms with E-state index in [4.69, 9.17) is 0 Å². The van der Waals surface area contributed by atoms with Gasteiger partial charge in [-0.05, 0) is 31.9 Å². The molecular formula is C17H22N2O3. The van der Waals surface area contributed by atoms with Gasteiger partial charge in [-0.2, -0.15) is 0 Å². The SMILES string of the molecule is CCN(CC)C(=O)[C@@H](C(C)C)N1C(=O)c2ccccc2C1=O. The molecule has 1 heterocycles. The quantitative estimate of drug-likeness (QED) is 0.783. The number of likely N-dealkylation sites (N-methyl/N-ethyl adjacent to an activating group) is 1. The summed E-state index contributed by atoms with van der Waals surface area (Å²) >= 11 is 0. The van der Waals surface area contributed by atoms with Crippen molar-refractivity contribution >= 4 is 17.7 Å². The molecule has 0 radical (unpaired) electrons. The molecule has 1 aliphatic heterocycles. The molecule has 0 unspecified atom stereocenters. The Morgan fingerprint density at radius 1 is 1.05 bits per heavy atom. The molecule has 1 aromatic rings. The fourth-order valence-electron chi connectivity index (χ4n) is 2.88. The summed E-state index contributed by atoms with van der Waals surface area (Å²) in [6.07, 6.45) is 0. The Labute approximate surface area is 130 Å². The lowest BCUT2D eigenvalue weighted by Gasteiger charge is -2.32. The first-order valence-corrected chi connectivity index (χ1v) is 7.69. The second kappa shape index (κ2) is 6.30. The van der Waals surface area contributed by atoms with Crippen LogP contribution in [0.15, 0.2) is 24.3 Å². The Morgan fingerprint density at radius 2 is 1.50 bits per heavy atom. The van der Waals surface area contributed by atoms with Gasteiger partial charge in [-0.25, -0.2) is 0 Å². The van der Waals surface area contributed by atoms with E-state index in [2.05, 4.69) is 0 Å². The lowest BCUT2D eigenvalue weighted by atomic mass is 10.0. The van der Waals surface area contributed by atoms with Gasteiger partial charge in [-0.1, -0.05) is 26.0 Å². The summed E-state index contributed by atoms with van der Waals surface area (Å²) in [6.45, 7) is 8.61. The maximum Gasteiger partial charge on any atom is 0.262 e. The van der Waals surface area contributed by atoms with E-state index >= 15 is 0 Å². The number of rotatable bonds is 5. The van der Waals surface area contributed by atoms with Crippen LogP contribution < -0.4 is 0 Å². The molecule has 5 nitrogen and oxygen atoms in total. The zero-order chi connectivity index (χ0) is 16.4. The van der Waals surface area contributed by atoms with Crippen LogP contribution in [0.3, 0.4) is 0 Å². The van der Waals surface area contributed by atoms with Crippen LogP contribution in [0.2, 0.25) is 0 Å². The fraction of sp³-hybridized carbons (Fsp3) is 0.471. The molecule has 0 N–H and O–H groups in total. The van der Waals surface area contributed by atoms with Crippen molar-refractivity contribution in [3.8, 4) is 0 Å². The van der Waals surface area contributed by atoms with Crippen LogP contribution in [-0.2, 0) is 4.79 Å². The summed E-state index contributed by atoms with van der Waals surface area (Å²) in [5, 5.41) is 0. The fourth-order valence-corrected chi connectivity index (χ4v) is 2.88. The molecule has 1 atom stereocenters. The molecule has 0 saturated carbocycles.